The van der Waals surface area contributed by atoms with E-state index in [2.05, 4.69) is 21.6 Å². The van der Waals surface area contributed by atoms with Crippen LogP contribution in [0.4, 0.5) is 0 Å². The summed E-state index contributed by atoms with van der Waals surface area (Å²) >= 11 is 1.35. The summed E-state index contributed by atoms with van der Waals surface area (Å²) in [6.07, 6.45) is 4.61. The van der Waals surface area contributed by atoms with Gasteiger partial charge in [-0.15, -0.1) is 0 Å². The minimum Gasteiger partial charge on any atom is -0.497 e. The van der Waals surface area contributed by atoms with Crippen molar-refractivity contribution in [1.29, 1.82) is 0 Å². The lowest BCUT2D eigenvalue weighted by Gasteiger charge is -2.36. The normalized spacial score (nSPS) is 27.3. The van der Waals surface area contributed by atoms with Gasteiger partial charge in [-0.1, -0.05) is 0 Å². The summed E-state index contributed by atoms with van der Waals surface area (Å²) in [5.74, 6) is 0.746. The lowest BCUT2D eigenvalue weighted by atomic mass is 9.98. The van der Waals surface area contributed by atoms with Crippen molar-refractivity contribution >= 4 is 27.5 Å². The number of methoxy groups -OCH3 is 1. The predicted octanol–water partition coefficient (Wildman–Crippen LogP) is 2.66. The molecular formula is C17H21N3O2S. The molecule has 3 atom stereocenters. The molecule has 1 aromatic heterocycles. The first-order valence-corrected chi connectivity index (χ1v) is 8.89. The number of aromatic nitrogens is 1. The van der Waals surface area contributed by atoms with Crippen LogP contribution in [-0.4, -0.2) is 47.5 Å². The summed E-state index contributed by atoms with van der Waals surface area (Å²) in [5, 5.41) is 4.12. The molecule has 0 unspecified atom stereocenters. The molecule has 4 rings (SSSR count). The molecule has 3 heterocycles. The fraction of sp³-hybridized carbons (Fsp3) is 0.529. The Morgan fingerprint density at radius 1 is 1.35 bits per heavy atom. The van der Waals surface area contributed by atoms with E-state index >= 15 is 0 Å². The Kier molecular flexibility index (Phi) is 3.73. The van der Waals surface area contributed by atoms with Crippen LogP contribution >= 0.6 is 11.5 Å². The minimum absolute atomic E-state index is 0.0460. The summed E-state index contributed by atoms with van der Waals surface area (Å²) in [6.45, 7) is 0. The fourth-order valence-corrected chi connectivity index (χ4v) is 4.79. The number of benzene rings is 1. The molecule has 2 bridgehead atoms. The zero-order valence-corrected chi connectivity index (χ0v) is 14.2. The number of hydrogen-bond donors (Lipinski definition) is 1. The van der Waals surface area contributed by atoms with Crippen LogP contribution in [0.1, 0.15) is 36.2 Å². The van der Waals surface area contributed by atoms with Crippen LogP contribution < -0.4 is 10.1 Å². The average Bonchev–Trinajstić information content (AvgIpc) is 3.04. The van der Waals surface area contributed by atoms with Crippen LogP contribution in [0.2, 0.25) is 0 Å². The Bertz CT molecular complexity index is 731. The molecule has 0 aliphatic carbocycles. The first-order chi connectivity index (χ1) is 11.2. The third kappa shape index (κ3) is 2.60. The third-order valence-corrected chi connectivity index (χ3v) is 6.14. The van der Waals surface area contributed by atoms with Crippen molar-refractivity contribution in [1.82, 2.24) is 14.6 Å². The van der Waals surface area contributed by atoms with E-state index in [0.29, 0.717) is 17.8 Å². The summed E-state index contributed by atoms with van der Waals surface area (Å²) < 4.78 is 10.6. The van der Waals surface area contributed by atoms with E-state index in [0.717, 1.165) is 28.7 Å². The Balaban J connectivity index is 1.51. The van der Waals surface area contributed by atoms with Crippen molar-refractivity contribution in [2.24, 2.45) is 0 Å². The maximum absolute atomic E-state index is 12.6. The van der Waals surface area contributed by atoms with Crippen LogP contribution in [0.3, 0.4) is 0 Å². The van der Waals surface area contributed by atoms with Gasteiger partial charge >= 0.3 is 0 Å². The molecule has 6 heteroatoms. The number of piperidine rings is 1. The molecule has 1 amide bonds. The van der Waals surface area contributed by atoms with Crippen molar-refractivity contribution in [3.63, 3.8) is 0 Å². The summed E-state index contributed by atoms with van der Waals surface area (Å²) in [7, 11) is 3.85. The molecule has 2 aromatic rings. The van der Waals surface area contributed by atoms with Crippen LogP contribution in [0.25, 0.3) is 10.1 Å². The lowest BCUT2D eigenvalue weighted by Crippen LogP contribution is -2.48. The number of amides is 1. The summed E-state index contributed by atoms with van der Waals surface area (Å²) in [4.78, 5) is 15.1. The Labute approximate surface area is 139 Å². The van der Waals surface area contributed by atoms with Crippen molar-refractivity contribution in [2.45, 2.75) is 43.8 Å². The van der Waals surface area contributed by atoms with Crippen LogP contribution in [0.15, 0.2) is 18.2 Å². The van der Waals surface area contributed by atoms with Crippen LogP contribution in [-0.2, 0) is 0 Å². The molecular weight excluding hydrogens is 310 g/mol. The highest BCUT2D eigenvalue weighted by atomic mass is 32.1. The first kappa shape index (κ1) is 14.9. The maximum atomic E-state index is 12.6. The number of nitrogens with zero attached hydrogens (tertiary/aromatic N) is 2. The highest BCUT2D eigenvalue weighted by molar-refractivity contribution is 7.13. The molecule has 0 radical (unpaired) electrons. The van der Waals surface area contributed by atoms with Gasteiger partial charge in [-0.25, -0.2) is 0 Å². The van der Waals surface area contributed by atoms with Gasteiger partial charge in [0.2, 0.25) is 0 Å². The van der Waals surface area contributed by atoms with Crippen LogP contribution in [0.5, 0.6) is 5.75 Å². The predicted molar refractivity (Wildman–Crippen MR) is 91.2 cm³/mol. The number of ether oxygens (including phenoxy) is 1. The molecule has 23 heavy (non-hydrogen) atoms. The third-order valence-electron chi connectivity index (χ3n) is 5.33. The van der Waals surface area contributed by atoms with Crippen LogP contribution in [0, 0.1) is 0 Å². The zero-order chi connectivity index (χ0) is 16.0. The molecule has 1 N–H and O–H groups in total. The summed E-state index contributed by atoms with van der Waals surface area (Å²) in [6, 6.07) is 7.24. The Morgan fingerprint density at radius 3 is 2.78 bits per heavy atom. The second kappa shape index (κ2) is 5.76. The largest absolute Gasteiger partial charge is 0.497 e. The van der Waals surface area contributed by atoms with Gasteiger partial charge in [-0.05, 0) is 62.5 Å². The van der Waals surface area contributed by atoms with Crippen molar-refractivity contribution in [2.75, 3.05) is 14.2 Å². The monoisotopic (exact) mass is 331 g/mol. The van der Waals surface area contributed by atoms with E-state index in [1.165, 1.54) is 24.4 Å². The minimum atomic E-state index is -0.0460. The van der Waals surface area contributed by atoms with Gasteiger partial charge in [0.15, 0.2) is 0 Å². The highest BCUT2D eigenvalue weighted by Crippen LogP contribution is 2.34. The zero-order valence-electron chi connectivity index (χ0n) is 13.4. The highest BCUT2D eigenvalue weighted by Gasteiger charge is 2.39. The quantitative estimate of drug-likeness (QED) is 0.939. The molecule has 0 spiro atoms. The van der Waals surface area contributed by atoms with Gasteiger partial charge in [0, 0.05) is 23.5 Å². The van der Waals surface area contributed by atoms with Crippen molar-refractivity contribution in [3.8, 4) is 5.75 Å². The number of fused-ring (bicyclic) bond motifs is 3. The van der Waals surface area contributed by atoms with Crippen molar-refractivity contribution in [3.05, 3.63) is 23.9 Å². The Hall–Kier alpha value is -1.66. The number of nitrogens with one attached hydrogen (secondary N) is 1. The number of carbonyl (C=O) groups is 1. The number of rotatable bonds is 3. The molecule has 0 saturated carbocycles. The van der Waals surface area contributed by atoms with Gasteiger partial charge < -0.3 is 15.0 Å². The van der Waals surface area contributed by atoms with E-state index in [-0.39, 0.29) is 11.9 Å². The first-order valence-electron chi connectivity index (χ1n) is 8.12. The van der Waals surface area contributed by atoms with Gasteiger partial charge in [0.25, 0.3) is 5.91 Å². The molecule has 2 saturated heterocycles. The molecule has 122 valence electrons. The van der Waals surface area contributed by atoms with Crippen molar-refractivity contribution < 1.29 is 9.53 Å². The topological polar surface area (TPSA) is 54.5 Å². The van der Waals surface area contributed by atoms with Gasteiger partial charge in [0.05, 0.1) is 11.8 Å². The second-order valence-corrected chi connectivity index (χ2v) is 7.39. The van der Waals surface area contributed by atoms with Gasteiger partial charge in [-0.2, -0.15) is 4.37 Å². The number of hydrogen-bond acceptors (Lipinski definition) is 5. The standard InChI is InChI=1S/C17H21N3O2S/c1-20-11-3-4-12(20)8-10(7-11)18-17(21)16-14-6-5-13(22-2)9-15(14)23-19-16/h5-6,9-12H,3-4,7-8H2,1-2H3,(H,18,21)/t10-,11+,12-. The lowest BCUT2D eigenvalue weighted by molar-refractivity contribution is 0.0880. The fourth-order valence-electron chi connectivity index (χ4n) is 3.99. The van der Waals surface area contributed by atoms with E-state index < -0.39 is 0 Å². The van der Waals surface area contributed by atoms with E-state index in [9.17, 15) is 4.79 Å². The average molecular weight is 331 g/mol. The molecule has 5 nitrogen and oxygen atoms in total. The molecule has 2 aliphatic rings. The number of carbonyl (C=O) groups excluding carboxylic acids is 1. The summed E-state index contributed by atoms with van der Waals surface area (Å²) in [5.41, 5.74) is 0.541. The molecule has 2 aliphatic heterocycles. The maximum Gasteiger partial charge on any atom is 0.271 e. The SMILES string of the molecule is COc1ccc2c(C(=O)N[C@H]3C[C@H]4CC[C@@H](C3)N4C)nsc2c1. The molecule has 2 fully saturated rings. The van der Waals surface area contributed by atoms with E-state index in [1.54, 1.807) is 7.11 Å². The molecule has 1 aromatic carbocycles. The van der Waals surface area contributed by atoms with E-state index in [1.807, 2.05) is 18.2 Å². The Morgan fingerprint density at radius 2 is 2.09 bits per heavy atom. The second-order valence-electron chi connectivity index (χ2n) is 6.59. The van der Waals surface area contributed by atoms with Gasteiger partial charge in [-0.3, -0.25) is 4.79 Å². The van der Waals surface area contributed by atoms with Gasteiger partial charge in [0.1, 0.15) is 11.4 Å². The van der Waals surface area contributed by atoms with E-state index in [4.69, 9.17) is 4.74 Å². The smallest absolute Gasteiger partial charge is 0.271 e.